The summed E-state index contributed by atoms with van der Waals surface area (Å²) in [6.45, 7) is 3.80. The van der Waals surface area contributed by atoms with Gasteiger partial charge in [-0.25, -0.2) is 4.90 Å². The largest absolute Gasteiger partial charge is 0.497 e. The molecule has 2 aromatic carbocycles. The van der Waals surface area contributed by atoms with Gasteiger partial charge in [-0.1, -0.05) is 17.7 Å². The van der Waals surface area contributed by atoms with Crippen molar-refractivity contribution < 1.29 is 19.1 Å². The molecule has 0 saturated heterocycles. The Bertz CT molecular complexity index is 948. The molecule has 1 aliphatic heterocycles. The molecule has 0 bridgehead atoms. The molecule has 0 radical (unpaired) electrons. The Hall–Kier alpha value is -2.99. The van der Waals surface area contributed by atoms with Crippen molar-refractivity contribution in [2.75, 3.05) is 24.4 Å². The first-order valence-electron chi connectivity index (χ1n) is 8.21. The van der Waals surface area contributed by atoms with Crippen LogP contribution in [0.4, 0.5) is 11.4 Å². The lowest BCUT2D eigenvalue weighted by Gasteiger charge is -2.17. The molecule has 0 atom stereocenters. The van der Waals surface area contributed by atoms with E-state index in [1.54, 1.807) is 37.4 Å². The predicted octanol–water partition coefficient (Wildman–Crippen LogP) is 3.76. The number of halogens is 1. The Kier molecular flexibility index (Phi) is 5.10. The maximum Gasteiger partial charge on any atom is 0.283 e. The molecule has 0 spiro atoms. The Morgan fingerprint density at radius 3 is 2.19 bits per heavy atom. The smallest absolute Gasteiger partial charge is 0.283 e. The molecule has 1 heterocycles. The second kappa shape index (κ2) is 7.32. The van der Waals surface area contributed by atoms with Gasteiger partial charge in [0, 0.05) is 6.07 Å². The number of methoxy groups -OCH3 is 2. The summed E-state index contributed by atoms with van der Waals surface area (Å²) in [5, 5.41) is 2.76. The van der Waals surface area contributed by atoms with E-state index < -0.39 is 11.8 Å². The number of carbonyl (C=O) groups is 2. The molecular weight excluding hydrogens is 368 g/mol. The van der Waals surface area contributed by atoms with E-state index in [2.05, 4.69) is 5.32 Å². The Labute approximate surface area is 162 Å². The maximum atomic E-state index is 12.9. The molecule has 140 valence electrons. The first kappa shape index (κ1) is 18.8. The molecule has 6 nitrogen and oxygen atoms in total. The monoisotopic (exact) mass is 386 g/mol. The highest BCUT2D eigenvalue weighted by Crippen LogP contribution is 2.35. The number of aryl methyl sites for hydroxylation is 2. The van der Waals surface area contributed by atoms with Crippen molar-refractivity contribution in [3.8, 4) is 11.5 Å². The molecule has 0 aromatic heterocycles. The van der Waals surface area contributed by atoms with Crippen LogP contribution < -0.4 is 19.7 Å². The van der Waals surface area contributed by atoms with Crippen molar-refractivity contribution in [3.05, 3.63) is 58.3 Å². The Morgan fingerprint density at radius 2 is 1.59 bits per heavy atom. The van der Waals surface area contributed by atoms with Gasteiger partial charge in [-0.05, 0) is 49.2 Å². The zero-order valence-corrected chi connectivity index (χ0v) is 16.2. The van der Waals surface area contributed by atoms with Crippen LogP contribution in [-0.4, -0.2) is 26.0 Å². The second-order valence-electron chi connectivity index (χ2n) is 6.17. The van der Waals surface area contributed by atoms with Gasteiger partial charge in [0.15, 0.2) is 0 Å². The molecule has 1 aliphatic rings. The van der Waals surface area contributed by atoms with Crippen molar-refractivity contribution in [1.82, 2.24) is 0 Å². The third kappa shape index (κ3) is 3.48. The van der Waals surface area contributed by atoms with Crippen LogP contribution in [0.2, 0.25) is 0 Å². The van der Waals surface area contributed by atoms with Crippen LogP contribution in [0.5, 0.6) is 11.5 Å². The van der Waals surface area contributed by atoms with Gasteiger partial charge in [0.1, 0.15) is 22.2 Å². The van der Waals surface area contributed by atoms with E-state index in [0.29, 0.717) is 22.9 Å². The summed E-state index contributed by atoms with van der Waals surface area (Å²) in [5.74, 6) is -0.0332. The number of amides is 2. The van der Waals surface area contributed by atoms with Crippen molar-refractivity contribution in [2.24, 2.45) is 0 Å². The van der Waals surface area contributed by atoms with E-state index >= 15 is 0 Å². The van der Waals surface area contributed by atoms with Gasteiger partial charge < -0.3 is 14.8 Å². The summed E-state index contributed by atoms with van der Waals surface area (Å²) in [4.78, 5) is 26.6. The van der Waals surface area contributed by atoms with Crippen molar-refractivity contribution in [3.63, 3.8) is 0 Å². The fraction of sp³-hybridized carbons (Fsp3) is 0.200. The topological polar surface area (TPSA) is 67.9 Å². The number of anilines is 2. The van der Waals surface area contributed by atoms with Gasteiger partial charge in [0.2, 0.25) is 0 Å². The van der Waals surface area contributed by atoms with E-state index in [0.717, 1.165) is 16.0 Å². The van der Waals surface area contributed by atoms with Crippen LogP contribution in [0.1, 0.15) is 11.1 Å². The fourth-order valence-electron chi connectivity index (χ4n) is 2.96. The summed E-state index contributed by atoms with van der Waals surface area (Å²) in [6, 6.07) is 10.6. The predicted molar refractivity (Wildman–Crippen MR) is 104 cm³/mol. The van der Waals surface area contributed by atoms with Crippen LogP contribution in [0.15, 0.2) is 47.1 Å². The SMILES string of the molecule is COc1ccc(NC2=C(Cl)C(=O)N(c3cc(C)cc(C)c3)C2=O)c(OC)c1. The first-order valence-corrected chi connectivity index (χ1v) is 8.59. The van der Waals surface area contributed by atoms with Crippen molar-refractivity contribution in [1.29, 1.82) is 0 Å². The van der Waals surface area contributed by atoms with Gasteiger partial charge in [0.05, 0.1) is 25.6 Å². The minimum absolute atomic E-state index is 0.00397. The van der Waals surface area contributed by atoms with Crippen LogP contribution >= 0.6 is 11.6 Å². The van der Waals surface area contributed by atoms with Crippen LogP contribution in [-0.2, 0) is 9.59 Å². The molecule has 3 rings (SSSR count). The molecule has 0 saturated carbocycles. The zero-order valence-electron chi connectivity index (χ0n) is 15.4. The summed E-state index contributed by atoms with van der Waals surface area (Å²) in [6.07, 6.45) is 0. The lowest BCUT2D eigenvalue weighted by atomic mass is 10.1. The van der Waals surface area contributed by atoms with Gasteiger partial charge in [-0.2, -0.15) is 0 Å². The summed E-state index contributed by atoms with van der Waals surface area (Å²) >= 11 is 6.19. The zero-order chi connectivity index (χ0) is 19.7. The van der Waals surface area contributed by atoms with Crippen molar-refractivity contribution in [2.45, 2.75) is 13.8 Å². The second-order valence-corrected chi connectivity index (χ2v) is 6.55. The third-order valence-corrected chi connectivity index (χ3v) is 4.51. The minimum atomic E-state index is -0.568. The van der Waals surface area contributed by atoms with Gasteiger partial charge in [-0.15, -0.1) is 0 Å². The number of nitrogens with zero attached hydrogens (tertiary/aromatic N) is 1. The molecular formula is C20H19ClN2O4. The number of imide groups is 1. The number of carbonyl (C=O) groups excluding carboxylic acids is 2. The molecule has 0 aliphatic carbocycles. The molecule has 0 fully saturated rings. The molecule has 2 aromatic rings. The first-order chi connectivity index (χ1) is 12.8. The number of hydrogen-bond donors (Lipinski definition) is 1. The van der Waals surface area contributed by atoms with E-state index in [1.807, 2.05) is 19.9 Å². The Morgan fingerprint density at radius 1 is 0.926 bits per heavy atom. The van der Waals surface area contributed by atoms with E-state index in [9.17, 15) is 9.59 Å². The average Bonchev–Trinajstić information content (AvgIpc) is 2.84. The lowest BCUT2D eigenvalue weighted by Crippen LogP contribution is -2.32. The highest BCUT2D eigenvalue weighted by Gasteiger charge is 2.39. The standard InChI is InChI=1S/C20H19ClN2O4/c1-11-7-12(2)9-13(8-11)23-19(24)17(21)18(20(23)25)22-15-6-5-14(26-3)10-16(15)27-4/h5-10,22H,1-4H3. The maximum absolute atomic E-state index is 12.9. The van der Waals surface area contributed by atoms with Gasteiger partial charge >= 0.3 is 0 Å². The molecule has 2 amide bonds. The van der Waals surface area contributed by atoms with E-state index in [1.165, 1.54) is 7.11 Å². The molecule has 27 heavy (non-hydrogen) atoms. The van der Waals surface area contributed by atoms with Crippen molar-refractivity contribution >= 4 is 34.8 Å². The summed E-state index contributed by atoms with van der Waals surface area (Å²) in [7, 11) is 3.04. The average molecular weight is 387 g/mol. The van der Waals surface area contributed by atoms with E-state index in [4.69, 9.17) is 21.1 Å². The summed E-state index contributed by atoms with van der Waals surface area (Å²) < 4.78 is 10.5. The number of benzene rings is 2. The highest BCUT2D eigenvalue weighted by molar-refractivity contribution is 6.53. The number of rotatable bonds is 5. The summed E-state index contributed by atoms with van der Waals surface area (Å²) in [5.41, 5.74) is 2.87. The number of ether oxygens (including phenoxy) is 2. The molecule has 7 heteroatoms. The third-order valence-electron chi connectivity index (χ3n) is 4.16. The molecule has 1 N–H and O–H groups in total. The van der Waals surface area contributed by atoms with Gasteiger partial charge in [-0.3, -0.25) is 9.59 Å². The Balaban J connectivity index is 1.95. The van der Waals surface area contributed by atoms with E-state index in [-0.39, 0.29) is 10.7 Å². The van der Waals surface area contributed by atoms with Crippen LogP contribution in [0.25, 0.3) is 0 Å². The lowest BCUT2D eigenvalue weighted by molar-refractivity contribution is -0.120. The van der Waals surface area contributed by atoms with Crippen LogP contribution in [0, 0.1) is 13.8 Å². The normalized spacial score (nSPS) is 14.0. The fourth-order valence-corrected chi connectivity index (χ4v) is 3.17. The minimum Gasteiger partial charge on any atom is -0.497 e. The number of hydrogen-bond acceptors (Lipinski definition) is 5. The number of nitrogens with one attached hydrogen (secondary N) is 1. The van der Waals surface area contributed by atoms with Gasteiger partial charge in [0.25, 0.3) is 11.8 Å². The van der Waals surface area contributed by atoms with Crippen LogP contribution in [0.3, 0.4) is 0 Å². The quantitative estimate of drug-likeness (QED) is 0.792. The highest BCUT2D eigenvalue weighted by atomic mass is 35.5. The molecule has 0 unspecified atom stereocenters.